The van der Waals surface area contributed by atoms with Gasteiger partial charge in [0.25, 0.3) is 11.2 Å². The van der Waals surface area contributed by atoms with E-state index in [1.165, 1.54) is 23.9 Å². The van der Waals surface area contributed by atoms with Gasteiger partial charge < -0.3 is 4.57 Å². The van der Waals surface area contributed by atoms with Crippen LogP contribution in [0.25, 0.3) is 0 Å². The van der Waals surface area contributed by atoms with Gasteiger partial charge in [0.1, 0.15) is 0 Å². The first kappa shape index (κ1) is 14.3. The van der Waals surface area contributed by atoms with Crippen LogP contribution in [0.3, 0.4) is 0 Å². The quantitative estimate of drug-likeness (QED) is 0.640. The van der Waals surface area contributed by atoms with E-state index in [4.69, 9.17) is 0 Å². The number of non-ortho nitro benzene ring substituents is 1. The average Bonchev–Trinajstić information content (AvgIpc) is 2.41. The Bertz CT molecular complexity index is 710. The lowest BCUT2D eigenvalue weighted by Crippen LogP contribution is -2.16. The summed E-state index contributed by atoms with van der Waals surface area (Å²) in [6.45, 7) is 4.37. The number of nitrogens with zero attached hydrogens (tertiary/aromatic N) is 2. The Balaban J connectivity index is 2.28. The molecule has 0 bridgehead atoms. The molecule has 6 heteroatoms. The van der Waals surface area contributed by atoms with Gasteiger partial charge in [-0.1, -0.05) is 11.8 Å². The maximum Gasteiger partial charge on any atom is 0.269 e. The molecule has 104 valence electrons. The van der Waals surface area contributed by atoms with Gasteiger partial charge in [-0.2, -0.15) is 0 Å². The van der Waals surface area contributed by atoms with Crippen molar-refractivity contribution in [2.75, 3.05) is 0 Å². The number of rotatable bonds is 4. The van der Waals surface area contributed by atoms with Crippen molar-refractivity contribution in [3.8, 4) is 0 Å². The van der Waals surface area contributed by atoms with Gasteiger partial charge in [-0.15, -0.1) is 0 Å². The van der Waals surface area contributed by atoms with Crippen LogP contribution in [0.5, 0.6) is 0 Å². The molecular weight excluding hydrogens is 276 g/mol. The van der Waals surface area contributed by atoms with Gasteiger partial charge in [-0.3, -0.25) is 14.9 Å². The van der Waals surface area contributed by atoms with Gasteiger partial charge in [0.05, 0.1) is 4.92 Å². The smallest absolute Gasteiger partial charge is 0.269 e. The van der Waals surface area contributed by atoms with E-state index >= 15 is 0 Å². The van der Waals surface area contributed by atoms with Crippen LogP contribution in [-0.2, 0) is 6.54 Å². The lowest BCUT2D eigenvalue weighted by Gasteiger charge is -2.06. The normalized spacial score (nSPS) is 10.5. The van der Waals surface area contributed by atoms with Crippen LogP contribution in [0.4, 0.5) is 5.69 Å². The monoisotopic (exact) mass is 290 g/mol. The maximum absolute atomic E-state index is 11.7. The van der Waals surface area contributed by atoms with Crippen molar-refractivity contribution >= 4 is 17.4 Å². The fourth-order valence-electron chi connectivity index (χ4n) is 1.80. The predicted octanol–water partition coefficient (Wildman–Crippen LogP) is 3.24. The number of benzene rings is 1. The van der Waals surface area contributed by atoms with E-state index in [1.54, 1.807) is 22.9 Å². The number of nitro groups is 1. The molecule has 0 spiro atoms. The minimum atomic E-state index is -0.413. The van der Waals surface area contributed by atoms with Crippen molar-refractivity contribution in [2.24, 2.45) is 0 Å². The van der Waals surface area contributed by atoms with E-state index < -0.39 is 4.92 Å². The second-order valence-electron chi connectivity index (χ2n) is 4.30. The van der Waals surface area contributed by atoms with Crippen molar-refractivity contribution in [2.45, 2.75) is 30.2 Å². The number of pyridine rings is 1. The number of hydrogen-bond donors (Lipinski definition) is 0. The first-order valence-corrected chi connectivity index (χ1v) is 6.96. The van der Waals surface area contributed by atoms with E-state index in [1.807, 2.05) is 19.9 Å². The van der Waals surface area contributed by atoms with Gasteiger partial charge in [-0.05, 0) is 31.5 Å². The van der Waals surface area contributed by atoms with Crippen LogP contribution >= 0.6 is 11.8 Å². The zero-order valence-electron chi connectivity index (χ0n) is 11.2. The van der Waals surface area contributed by atoms with Crippen LogP contribution in [0.2, 0.25) is 0 Å². The molecule has 0 aliphatic rings. The Morgan fingerprint density at radius 2 is 2.05 bits per heavy atom. The molecule has 0 radical (unpaired) electrons. The highest BCUT2D eigenvalue weighted by atomic mass is 32.2. The average molecular weight is 290 g/mol. The fourth-order valence-corrected chi connectivity index (χ4v) is 2.70. The molecule has 0 aliphatic heterocycles. The molecule has 20 heavy (non-hydrogen) atoms. The SMILES string of the molecule is CCn1ccc(Sc2ccc([N+](=O)[O-])cc2C)cc1=O. The minimum absolute atomic E-state index is 0.0444. The first-order chi connectivity index (χ1) is 9.51. The Morgan fingerprint density at radius 3 is 2.60 bits per heavy atom. The number of hydrogen-bond acceptors (Lipinski definition) is 4. The second-order valence-corrected chi connectivity index (χ2v) is 5.41. The van der Waals surface area contributed by atoms with Crippen molar-refractivity contribution < 1.29 is 4.92 Å². The molecule has 0 unspecified atom stereocenters. The zero-order valence-corrected chi connectivity index (χ0v) is 12.0. The number of aromatic nitrogens is 1. The fraction of sp³-hybridized carbons (Fsp3) is 0.214. The van der Waals surface area contributed by atoms with E-state index in [0.717, 1.165) is 15.4 Å². The maximum atomic E-state index is 11.7. The molecule has 2 aromatic rings. The van der Waals surface area contributed by atoms with Crippen molar-refractivity contribution in [1.29, 1.82) is 0 Å². The third-order valence-electron chi connectivity index (χ3n) is 2.91. The third-order valence-corrected chi connectivity index (χ3v) is 4.07. The molecule has 0 fully saturated rings. The van der Waals surface area contributed by atoms with Crippen molar-refractivity contribution in [3.63, 3.8) is 0 Å². The Labute approximate surface area is 120 Å². The largest absolute Gasteiger partial charge is 0.316 e. The number of nitro benzene ring substituents is 1. The zero-order chi connectivity index (χ0) is 14.7. The highest BCUT2D eigenvalue weighted by Crippen LogP contribution is 2.31. The molecule has 0 saturated heterocycles. The molecule has 0 amide bonds. The lowest BCUT2D eigenvalue weighted by atomic mass is 10.2. The van der Waals surface area contributed by atoms with Crippen LogP contribution in [-0.4, -0.2) is 9.49 Å². The molecular formula is C14H14N2O3S. The Hall–Kier alpha value is -2.08. The molecule has 0 saturated carbocycles. The van der Waals surface area contributed by atoms with E-state index in [9.17, 15) is 14.9 Å². The van der Waals surface area contributed by atoms with Crippen LogP contribution < -0.4 is 5.56 Å². The van der Waals surface area contributed by atoms with Gasteiger partial charge >= 0.3 is 0 Å². The van der Waals surface area contributed by atoms with E-state index in [-0.39, 0.29) is 11.2 Å². The summed E-state index contributed by atoms with van der Waals surface area (Å²) in [5, 5.41) is 10.7. The standard InChI is InChI=1S/C14H14N2O3S/c1-3-15-7-6-12(9-14(15)17)20-13-5-4-11(16(18)19)8-10(13)2/h4-9H,3H2,1-2H3. The third kappa shape index (κ3) is 3.08. The summed E-state index contributed by atoms with van der Waals surface area (Å²) in [6.07, 6.45) is 1.76. The van der Waals surface area contributed by atoms with Gasteiger partial charge in [0.2, 0.25) is 0 Å². The summed E-state index contributed by atoms with van der Waals surface area (Å²) in [4.78, 5) is 23.8. The lowest BCUT2D eigenvalue weighted by molar-refractivity contribution is -0.385. The topological polar surface area (TPSA) is 65.1 Å². The summed E-state index contributed by atoms with van der Waals surface area (Å²) in [5.74, 6) is 0. The second kappa shape index (κ2) is 5.92. The van der Waals surface area contributed by atoms with Gasteiger partial charge in [-0.25, -0.2) is 0 Å². The molecule has 0 aliphatic carbocycles. The van der Waals surface area contributed by atoms with Crippen molar-refractivity contribution in [3.05, 3.63) is 62.6 Å². The molecule has 5 nitrogen and oxygen atoms in total. The minimum Gasteiger partial charge on any atom is -0.316 e. The van der Waals surface area contributed by atoms with E-state index in [0.29, 0.717) is 6.54 Å². The summed E-state index contributed by atoms with van der Waals surface area (Å²) in [7, 11) is 0. The Kier molecular flexibility index (Phi) is 4.24. The highest BCUT2D eigenvalue weighted by molar-refractivity contribution is 7.99. The summed E-state index contributed by atoms with van der Waals surface area (Å²) in [6, 6.07) is 8.17. The number of aryl methyl sites for hydroxylation is 2. The summed E-state index contributed by atoms with van der Waals surface area (Å²) in [5.41, 5.74) is 0.856. The summed E-state index contributed by atoms with van der Waals surface area (Å²) < 4.78 is 1.62. The predicted molar refractivity (Wildman–Crippen MR) is 78.3 cm³/mol. The highest BCUT2D eigenvalue weighted by Gasteiger charge is 2.09. The van der Waals surface area contributed by atoms with E-state index in [2.05, 4.69) is 0 Å². The van der Waals surface area contributed by atoms with Crippen LogP contribution in [0.15, 0.2) is 51.1 Å². The molecule has 2 rings (SSSR count). The van der Waals surface area contributed by atoms with Crippen LogP contribution in [0.1, 0.15) is 12.5 Å². The Morgan fingerprint density at radius 1 is 1.30 bits per heavy atom. The molecule has 0 N–H and O–H groups in total. The molecule has 0 atom stereocenters. The van der Waals surface area contributed by atoms with Crippen molar-refractivity contribution in [1.82, 2.24) is 4.57 Å². The van der Waals surface area contributed by atoms with Gasteiger partial charge in [0.15, 0.2) is 0 Å². The van der Waals surface area contributed by atoms with Crippen LogP contribution in [0, 0.1) is 17.0 Å². The van der Waals surface area contributed by atoms with Gasteiger partial charge in [0, 0.05) is 40.7 Å². The first-order valence-electron chi connectivity index (χ1n) is 6.14. The summed E-state index contributed by atoms with van der Waals surface area (Å²) >= 11 is 1.43. The molecule has 1 aromatic heterocycles. The molecule has 1 heterocycles. The molecule has 1 aromatic carbocycles.